The zero-order chi connectivity index (χ0) is 18.0. The van der Waals surface area contributed by atoms with E-state index in [0.717, 1.165) is 10.7 Å². The van der Waals surface area contributed by atoms with E-state index in [0.29, 0.717) is 45.5 Å². The largest absolute Gasteiger partial charge is 0.465 e. The molecule has 0 aliphatic carbocycles. The number of rotatable bonds is 6. The van der Waals surface area contributed by atoms with Crippen molar-refractivity contribution in [2.45, 2.75) is 44.9 Å². The Morgan fingerprint density at radius 3 is 3.00 bits per heavy atom. The number of esters is 1. The van der Waals surface area contributed by atoms with Crippen molar-refractivity contribution in [1.29, 1.82) is 0 Å². The molecule has 2 fully saturated rings. The fourth-order valence-electron chi connectivity index (χ4n) is 3.51. The van der Waals surface area contributed by atoms with Crippen molar-refractivity contribution in [3.05, 3.63) is 16.1 Å². The maximum absolute atomic E-state index is 13.9. The number of hydrogen-bond donors (Lipinski definition) is 0. The number of aryl methyl sites for hydroxylation is 1. The summed E-state index contributed by atoms with van der Waals surface area (Å²) in [6.07, 6.45) is 0.185. The Morgan fingerprint density at radius 2 is 2.36 bits per heavy atom. The standard InChI is InChI=1S/C17H24FN3O3S/c1-11-19-14(10-25-11)7-21-6-13(18)5-15(21)8-20(2)16(22)3-12-4-17(23)24-9-12/h10,12-13,15H,3-9H2,1-2H3/t12?,13-,15-/m0/s1. The van der Waals surface area contributed by atoms with E-state index in [9.17, 15) is 14.0 Å². The number of carbonyl (C=O) groups excluding carboxylic acids is 2. The molecule has 1 unspecified atom stereocenters. The van der Waals surface area contributed by atoms with Crippen molar-refractivity contribution in [2.75, 3.05) is 26.7 Å². The summed E-state index contributed by atoms with van der Waals surface area (Å²) in [6, 6.07) is -0.00702. The number of likely N-dealkylation sites (N-methyl/N-ethyl adjacent to an activating group) is 1. The predicted octanol–water partition coefficient (Wildman–Crippen LogP) is 1.78. The molecule has 0 saturated carbocycles. The SMILES string of the molecule is Cc1nc(CN2C[C@@H](F)C[C@H]2CN(C)C(=O)CC2COC(=O)C2)cs1. The van der Waals surface area contributed by atoms with Crippen LogP contribution in [0, 0.1) is 12.8 Å². The molecular weight excluding hydrogens is 345 g/mol. The van der Waals surface area contributed by atoms with Crippen molar-refractivity contribution in [1.82, 2.24) is 14.8 Å². The van der Waals surface area contributed by atoms with Gasteiger partial charge in [0.15, 0.2) is 0 Å². The Balaban J connectivity index is 1.53. The molecule has 1 aromatic heterocycles. The van der Waals surface area contributed by atoms with Crippen LogP contribution in [0.15, 0.2) is 5.38 Å². The number of likely N-dealkylation sites (tertiary alicyclic amines) is 1. The van der Waals surface area contributed by atoms with Crippen LogP contribution in [0.3, 0.4) is 0 Å². The minimum absolute atomic E-state index is 0.00702. The van der Waals surface area contributed by atoms with Gasteiger partial charge in [-0.3, -0.25) is 14.5 Å². The van der Waals surface area contributed by atoms with Crippen molar-refractivity contribution in [3.63, 3.8) is 0 Å². The van der Waals surface area contributed by atoms with Gasteiger partial charge in [0.1, 0.15) is 6.17 Å². The van der Waals surface area contributed by atoms with E-state index in [1.165, 1.54) is 0 Å². The average molecular weight is 369 g/mol. The topological polar surface area (TPSA) is 62.7 Å². The van der Waals surface area contributed by atoms with E-state index in [1.54, 1.807) is 23.3 Å². The summed E-state index contributed by atoms with van der Waals surface area (Å²) in [5.41, 5.74) is 0.956. The number of thiazole rings is 1. The van der Waals surface area contributed by atoms with Gasteiger partial charge in [0.05, 0.1) is 23.7 Å². The van der Waals surface area contributed by atoms with Crippen LogP contribution in [-0.2, 0) is 20.9 Å². The number of aromatic nitrogens is 1. The normalized spacial score (nSPS) is 26.8. The molecular formula is C17H24FN3O3S. The van der Waals surface area contributed by atoms with Gasteiger partial charge in [-0.15, -0.1) is 11.3 Å². The molecule has 0 bridgehead atoms. The summed E-state index contributed by atoms with van der Waals surface area (Å²) in [7, 11) is 1.75. The van der Waals surface area contributed by atoms with Crippen LogP contribution in [0.5, 0.6) is 0 Å². The highest BCUT2D eigenvalue weighted by atomic mass is 32.1. The molecule has 8 heteroatoms. The molecule has 0 aromatic carbocycles. The van der Waals surface area contributed by atoms with Gasteiger partial charge >= 0.3 is 5.97 Å². The summed E-state index contributed by atoms with van der Waals surface area (Å²) in [5.74, 6) is -0.287. The summed E-state index contributed by atoms with van der Waals surface area (Å²) in [4.78, 5) is 31.7. The fourth-order valence-corrected chi connectivity index (χ4v) is 4.11. The summed E-state index contributed by atoms with van der Waals surface area (Å²) in [6.45, 7) is 3.77. The molecule has 2 saturated heterocycles. The van der Waals surface area contributed by atoms with Crippen LogP contribution in [-0.4, -0.2) is 65.6 Å². The number of ether oxygens (including phenoxy) is 1. The molecule has 3 rings (SSSR count). The van der Waals surface area contributed by atoms with Crippen molar-refractivity contribution in [3.8, 4) is 0 Å². The lowest BCUT2D eigenvalue weighted by molar-refractivity contribution is -0.138. The molecule has 1 aromatic rings. The molecule has 1 amide bonds. The monoisotopic (exact) mass is 369 g/mol. The predicted molar refractivity (Wildman–Crippen MR) is 91.9 cm³/mol. The highest BCUT2D eigenvalue weighted by Crippen LogP contribution is 2.25. The molecule has 138 valence electrons. The van der Waals surface area contributed by atoms with Gasteiger partial charge in [-0.05, 0) is 13.3 Å². The zero-order valence-electron chi connectivity index (χ0n) is 14.6. The third kappa shape index (κ3) is 4.76. The van der Waals surface area contributed by atoms with Crippen molar-refractivity contribution >= 4 is 23.2 Å². The van der Waals surface area contributed by atoms with Crippen molar-refractivity contribution in [2.24, 2.45) is 5.92 Å². The third-order valence-electron chi connectivity index (χ3n) is 4.82. The summed E-state index contributed by atoms with van der Waals surface area (Å²) >= 11 is 1.59. The minimum Gasteiger partial charge on any atom is -0.465 e. The lowest BCUT2D eigenvalue weighted by Gasteiger charge is -2.28. The zero-order valence-corrected chi connectivity index (χ0v) is 15.4. The van der Waals surface area contributed by atoms with Crippen LogP contribution in [0.2, 0.25) is 0 Å². The molecule has 0 spiro atoms. The lowest BCUT2D eigenvalue weighted by atomic mass is 10.0. The molecule has 0 N–H and O–H groups in total. The lowest BCUT2D eigenvalue weighted by Crippen LogP contribution is -2.41. The van der Waals surface area contributed by atoms with E-state index in [1.807, 2.05) is 12.3 Å². The van der Waals surface area contributed by atoms with E-state index < -0.39 is 6.17 Å². The maximum atomic E-state index is 13.9. The van der Waals surface area contributed by atoms with Gasteiger partial charge in [-0.2, -0.15) is 0 Å². The maximum Gasteiger partial charge on any atom is 0.306 e. The molecule has 2 aliphatic rings. The van der Waals surface area contributed by atoms with E-state index in [2.05, 4.69) is 9.88 Å². The first-order valence-electron chi connectivity index (χ1n) is 8.59. The average Bonchev–Trinajstić information content (AvgIpc) is 3.22. The van der Waals surface area contributed by atoms with Gasteiger partial charge in [-0.1, -0.05) is 0 Å². The molecule has 6 nitrogen and oxygen atoms in total. The van der Waals surface area contributed by atoms with E-state index in [-0.39, 0.29) is 23.8 Å². The molecule has 3 heterocycles. The van der Waals surface area contributed by atoms with Crippen LogP contribution in [0.25, 0.3) is 0 Å². The highest BCUT2D eigenvalue weighted by Gasteiger charge is 2.34. The number of alkyl halides is 1. The van der Waals surface area contributed by atoms with Gasteiger partial charge in [-0.25, -0.2) is 9.37 Å². The number of carbonyl (C=O) groups is 2. The molecule has 0 radical (unpaired) electrons. The highest BCUT2D eigenvalue weighted by molar-refractivity contribution is 7.09. The number of nitrogens with zero attached hydrogens (tertiary/aromatic N) is 3. The second-order valence-electron chi connectivity index (χ2n) is 7.01. The first-order valence-corrected chi connectivity index (χ1v) is 9.47. The smallest absolute Gasteiger partial charge is 0.306 e. The van der Waals surface area contributed by atoms with Gasteiger partial charge < -0.3 is 9.64 Å². The first kappa shape index (κ1) is 18.3. The Bertz CT molecular complexity index is 638. The first-order chi connectivity index (χ1) is 11.9. The van der Waals surface area contributed by atoms with E-state index >= 15 is 0 Å². The summed E-state index contributed by atoms with van der Waals surface area (Å²) in [5, 5.41) is 3.01. The molecule has 2 aliphatic heterocycles. The molecule has 25 heavy (non-hydrogen) atoms. The second-order valence-corrected chi connectivity index (χ2v) is 8.07. The fraction of sp³-hybridized carbons (Fsp3) is 0.706. The Hall–Kier alpha value is -1.54. The Labute approximate surface area is 151 Å². The third-order valence-corrected chi connectivity index (χ3v) is 5.64. The van der Waals surface area contributed by atoms with Crippen LogP contribution < -0.4 is 0 Å². The van der Waals surface area contributed by atoms with Gasteiger partial charge in [0.25, 0.3) is 0 Å². The minimum atomic E-state index is -0.867. The van der Waals surface area contributed by atoms with Crippen LogP contribution in [0.4, 0.5) is 4.39 Å². The van der Waals surface area contributed by atoms with Crippen molar-refractivity contribution < 1.29 is 18.7 Å². The van der Waals surface area contributed by atoms with E-state index in [4.69, 9.17) is 4.74 Å². The van der Waals surface area contributed by atoms with Gasteiger partial charge in [0, 0.05) is 50.4 Å². The Kier molecular flexibility index (Phi) is 5.68. The van der Waals surface area contributed by atoms with Crippen LogP contribution >= 0.6 is 11.3 Å². The number of cyclic esters (lactones) is 1. The quantitative estimate of drug-likeness (QED) is 0.715. The second kappa shape index (κ2) is 7.78. The van der Waals surface area contributed by atoms with Crippen LogP contribution in [0.1, 0.15) is 30.0 Å². The number of halogens is 1. The van der Waals surface area contributed by atoms with Gasteiger partial charge in [0.2, 0.25) is 5.91 Å². The summed E-state index contributed by atoms with van der Waals surface area (Å²) < 4.78 is 18.8. The number of amides is 1. The Morgan fingerprint density at radius 1 is 1.56 bits per heavy atom. The molecule has 3 atom stereocenters. The number of hydrogen-bond acceptors (Lipinski definition) is 6.